The predicted octanol–water partition coefficient (Wildman–Crippen LogP) is 4.17. The minimum atomic E-state index is -0.414. The summed E-state index contributed by atoms with van der Waals surface area (Å²) in [5, 5.41) is 11.8. The zero-order chi connectivity index (χ0) is 16.8. The number of nitrogens with zero attached hydrogens (tertiary/aromatic N) is 2. The second-order valence-electron chi connectivity index (χ2n) is 5.98. The maximum atomic E-state index is 13.5. The smallest absolute Gasteiger partial charge is 0.226 e. The third kappa shape index (κ3) is 4.74. The van der Waals surface area contributed by atoms with Gasteiger partial charge >= 0.3 is 0 Å². The maximum Gasteiger partial charge on any atom is 0.226 e. The van der Waals surface area contributed by atoms with Gasteiger partial charge in [-0.3, -0.25) is 4.79 Å². The molecule has 1 aromatic carbocycles. The second kappa shape index (κ2) is 8.19. The van der Waals surface area contributed by atoms with Gasteiger partial charge in [0, 0.05) is 6.42 Å². The summed E-state index contributed by atoms with van der Waals surface area (Å²) in [7, 11) is 0. The molecule has 0 bridgehead atoms. The maximum absolute atomic E-state index is 13.5. The molecule has 1 fully saturated rings. The molecule has 0 saturated heterocycles. The van der Waals surface area contributed by atoms with E-state index in [0.717, 1.165) is 12.8 Å². The molecule has 2 aromatic rings. The van der Waals surface area contributed by atoms with Crippen LogP contribution in [0.2, 0.25) is 0 Å². The molecule has 128 valence electrons. The van der Waals surface area contributed by atoms with Gasteiger partial charge in [0.1, 0.15) is 6.61 Å². The van der Waals surface area contributed by atoms with Gasteiger partial charge in [-0.25, -0.2) is 4.39 Å². The Hall–Kier alpha value is -2.02. The first-order valence-electron chi connectivity index (χ1n) is 8.20. The van der Waals surface area contributed by atoms with E-state index in [4.69, 9.17) is 4.74 Å². The number of rotatable bonds is 6. The number of hydrogen-bond donors (Lipinski definition) is 1. The summed E-state index contributed by atoms with van der Waals surface area (Å²) in [6.07, 6.45) is 6.51. The monoisotopic (exact) mass is 349 g/mol. The van der Waals surface area contributed by atoms with Gasteiger partial charge in [-0.1, -0.05) is 42.7 Å². The molecule has 1 N–H and O–H groups in total. The van der Waals surface area contributed by atoms with Crippen molar-refractivity contribution in [2.24, 2.45) is 5.92 Å². The third-order valence-corrected chi connectivity index (χ3v) is 4.91. The van der Waals surface area contributed by atoms with Crippen LogP contribution in [0, 0.1) is 11.7 Å². The Labute approximate surface area is 144 Å². The van der Waals surface area contributed by atoms with E-state index in [0.29, 0.717) is 22.5 Å². The number of para-hydroxylation sites is 1. The Balaban J connectivity index is 1.48. The van der Waals surface area contributed by atoms with Gasteiger partial charge in [0.2, 0.25) is 11.0 Å². The highest BCUT2D eigenvalue weighted by atomic mass is 32.1. The molecule has 7 heteroatoms. The van der Waals surface area contributed by atoms with E-state index in [9.17, 15) is 9.18 Å². The molecule has 1 saturated carbocycles. The summed E-state index contributed by atoms with van der Waals surface area (Å²) in [6.45, 7) is 0.122. The summed E-state index contributed by atoms with van der Waals surface area (Å²) in [4.78, 5) is 12.1. The molecular formula is C17H20FN3O2S. The number of amides is 1. The van der Waals surface area contributed by atoms with Crippen molar-refractivity contribution in [1.29, 1.82) is 0 Å². The van der Waals surface area contributed by atoms with Gasteiger partial charge in [-0.2, -0.15) is 0 Å². The van der Waals surface area contributed by atoms with E-state index in [-0.39, 0.29) is 18.3 Å². The fourth-order valence-electron chi connectivity index (χ4n) is 2.89. The highest BCUT2D eigenvalue weighted by Gasteiger charge is 2.18. The lowest BCUT2D eigenvalue weighted by Gasteiger charge is -2.20. The lowest BCUT2D eigenvalue weighted by molar-refractivity contribution is -0.117. The van der Waals surface area contributed by atoms with Crippen molar-refractivity contribution in [1.82, 2.24) is 10.2 Å². The molecule has 1 aliphatic rings. The first-order valence-corrected chi connectivity index (χ1v) is 9.02. The minimum Gasteiger partial charge on any atom is -0.483 e. The predicted molar refractivity (Wildman–Crippen MR) is 90.5 cm³/mol. The van der Waals surface area contributed by atoms with Crippen molar-refractivity contribution in [3.8, 4) is 5.75 Å². The van der Waals surface area contributed by atoms with Crippen LogP contribution in [0.25, 0.3) is 0 Å². The van der Waals surface area contributed by atoms with Crippen molar-refractivity contribution in [3.05, 3.63) is 35.1 Å². The molecule has 1 amide bonds. The molecule has 1 aromatic heterocycles. The molecule has 24 heavy (non-hydrogen) atoms. The van der Waals surface area contributed by atoms with Crippen molar-refractivity contribution < 1.29 is 13.9 Å². The lowest BCUT2D eigenvalue weighted by atomic mass is 9.87. The SMILES string of the molecule is O=C(CC1CCCCC1)Nc1nnc(COc2ccccc2F)s1. The van der Waals surface area contributed by atoms with E-state index in [2.05, 4.69) is 15.5 Å². The average molecular weight is 349 g/mol. The van der Waals surface area contributed by atoms with Crippen LogP contribution >= 0.6 is 11.3 Å². The van der Waals surface area contributed by atoms with Crippen LogP contribution in [0.4, 0.5) is 9.52 Å². The van der Waals surface area contributed by atoms with Gasteiger partial charge in [0.15, 0.2) is 16.6 Å². The summed E-state index contributed by atoms with van der Waals surface area (Å²) in [5.74, 6) is 0.230. The Bertz CT molecular complexity index is 686. The van der Waals surface area contributed by atoms with Crippen molar-refractivity contribution in [2.45, 2.75) is 45.1 Å². The molecular weight excluding hydrogens is 329 g/mol. The first-order chi connectivity index (χ1) is 11.7. The molecule has 0 unspecified atom stereocenters. The largest absolute Gasteiger partial charge is 0.483 e. The third-order valence-electron chi connectivity index (χ3n) is 4.10. The highest BCUT2D eigenvalue weighted by Crippen LogP contribution is 2.27. The molecule has 0 aliphatic heterocycles. The zero-order valence-electron chi connectivity index (χ0n) is 13.3. The summed E-state index contributed by atoms with van der Waals surface area (Å²) >= 11 is 1.25. The lowest BCUT2D eigenvalue weighted by Crippen LogP contribution is -2.18. The minimum absolute atomic E-state index is 0.0142. The Morgan fingerprint density at radius 2 is 2.04 bits per heavy atom. The Morgan fingerprint density at radius 3 is 2.83 bits per heavy atom. The molecule has 0 radical (unpaired) electrons. The Morgan fingerprint density at radius 1 is 1.25 bits per heavy atom. The van der Waals surface area contributed by atoms with E-state index in [1.54, 1.807) is 18.2 Å². The van der Waals surface area contributed by atoms with Gasteiger partial charge in [0.05, 0.1) is 0 Å². The summed E-state index contributed by atoms with van der Waals surface area (Å²) < 4.78 is 18.9. The van der Waals surface area contributed by atoms with Crippen LogP contribution in [0.15, 0.2) is 24.3 Å². The number of ether oxygens (including phenoxy) is 1. The molecule has 5 nitrogen and oxygen atoms in total. The zero-order valence-corrected chi connectivity index (χ0v) is 14.2. The van der Waals surface area contributed by atoms with E-state index < -0.39 is 5.82 Å². The number of carbonyl (C=O) groups is 1. The summed E-state index contributed by atoms with van der Waals surface area (Å²) in [6, 6.07) is 6.21. The van der Waals surface area contributed by atoms with Crippen LogP contribution in [0.1, 0.15) is 43.5 Å². The van der Waals surface area contributed by atoms with Crippen LogP contribution in [-0.2, 0) is 11.4 Å². The highest BCUT2D eigenvalue weighted by molar-refractivity contribution is 7.15. The molecule has 3 rings (SSSR count). The van der Waals surface area contributed by atoms with Gasteiger partial charge in [-0.15, -0.1) is 10.2 Å². The van der Waals surface area contributed by atoms with Crippen molar-refractivity contribution >= 4 is 22.4 Å². The van der Waals surface area contributed by atoms with Crippen LogP contribution in [-0.4, -0.2) is 16.1 Å². The number of halogens is 1. The first kappa shape index (κ1) is 16.8. The van der Waals surface area contributed by atoms with Crippen LogP contribution in [0.5, 0.6) is 5.75 Å². The molecule has 0 spiro atoms. The van der Waals surface area contributed by atoms with Crippen molar-refractivity contribution in [2.75, 3.05) is 5.32 Å². The molecule has 1 heterocycles. The average Bonchev–Trinajstić information content (AvgIpc) is 3.02. The number of nitrogens with one attached hydrogen (secondary N) is 1. The topological polar surface area (TPSA) is 64.1 Å². The van der Waals surface area contributed by atoms with Gasteiger partial charge in [-0.05, 0) is 30.9 Å². The number of hydrogen-bond acceptors (Lipinski definition) is 5. The fourth-order valence-corrected chi connectivity index (χ4v) is 3.56. The summed E-state index contributed by atoms with van der Waals surface area (Å²) in [5.41, 5.74) is 0. The van der Waals surface area contributed by atoms with Crippen LogP contribution < -0.4 is 10.1 Å². The van der Waals surface area contributed by atoms with Crippen LogP contribution in [0.3, 0.4) is 0 Å². The fraction of sp³-hybridized carbons (Fsp3) is 0.471. The van der Waals surface area contributed by atoms with Gasteiger partial charge < -0.3 is 10.1 Å². The van der Waals surface area contributed by atoms with E-state index in [1.165, 1.54) is 36.7 Å². The standard InChI is InChI=1S/C17H20FN3O2S/c18-13-8-4-5-9-14(13)23-11-16-20-21-17(24-16)19-15(22)10-12-6-2-1-3-7-12/h4-5,8-9,12H,1-3,6-7,10-11H2,(H,19,21,22). The van der Waals surface area contributed by atoms with Crippen molar-refractivity contribution in [3.63, 3.8) is 0 Å². The second-order valence-corrected chi connectivity index (χ2v) is 7.04. The molecule has 1 aliphatic carbocycles. The van der Waals surface area contributed by atoms with E-state index >= 15 is 0 Å². The Kier molecular flexibility index (Phi) is 5.74. The quantitative estimate of drug-likeness (QED) is 0.850. The van der Waals surface area contributed by atoms with E-state index in [1.807, 2.05) is 0 Å². The number of benzene rings is 1. The molecule has 0 atom stereocenters. The normalized spacial score (nSPS) is 15.2. The number of anilines is 1. The van der Waals surface area contributed by atoms with Gasteiger partial charge in [0.25, 0.3) is 0 Å². The number of carbonyl (C=O) groups excluding carboxylic acids is 1. The number of aromatic nitrogens is 2.